The Morgan fingerprint density at radius 3 is 2.59 bits per heavy atom. The van der Waals surface area contributed by atoms with Crippen LogP contribution in [0.15, 0.2) is 6.07 Å². The molecule has 17 heavy (non-hydrogen) atoms. The van der Waals surface area contributed by atoms with Gasteiger partial charge in [0.2, 0.25) is 0 Å². The first kappa shape index (κ1) is 14.4. The second-order valence-electron chi connectivity index (χ2n) is 2.70. The number of alkyl halides is 4. The monoisotopic (exact) mass is 426 g/mol. The van der Waals surface area contributed by atoms with E-state index in [0.29, 0.717) is 5.56 Å². The number of aromatic nitrogens is 1. The van der Waals surface area contributed by atoms with Gasteiger partial charge in [0.15, 0.2) is 0 Å². The Morgan fingerprint density at radius 2 is 2.18 bits per heavy atom. The zero-order valence-electron chi connectivity index (χ0n) is 7.79. The topological polar surface area (TPSA) is 65.3 Å². The van der Waals surface area contributed by atoms with Crippen molar-refractivity contribution in [3.05, 3.63) is 25.4 Å². The Kier molecular flexibility index (Phi) is 4.52. The molecule has 0 amide bonds. The zero-order chi connectivity index (χ0) is 13.2. The summed E-state index contributed by atoms with van der Waals surface area (Å²) in [7, 11) is 0. The second kappa shape index (κ2) is 5.33. The van der Waals surface area contributed by atoms with Crippen LogP contribution in [0.3, 0.4) is 0 Å². The van der Waals surface area contributed by atoms with Crippen LogP contribution in [0.1, 0.15) is 5.56 Å². The summed E-state index contributed by atoms with van der Waals surface area (Å²) < 4.78 is 39.7. The summed E-state index contributed by atoms with van der Waals surface area (Å²) in [6.45, 7) is 0. The number of halogens is 5. The average molecular weight is 427 g/mol. The predicted octanol–water partition coefficient (Wildman–Crippen LogP) is 3.39. The Balaban J connectivity index is 3.28. The van der Waals surface area contributed by atoms with Crippen molar-refractivity contribution >= 4 is 44.2 Å². The molecule has 0 aromatic carbocycles. The third-order valence-corrected chi connectivity index (χ3v) is 3.09. The van der Waals surface area contributed by atoms with Gasteiger partial charge in [0.05, 0.1) is 4.92 Å². The lowest BCUT2D eigenvalue weighted by atomic mass is 10.3. The number of ether oxygens (including phenoxy) is 1. The van der Waals surface area contributed by atoms with E-state index in [0.717, 1.165) is 6.07 Å². The minimum absolute atomic E-state index is 0.198. The van der Waals surface area contributed by atoms with Crippen molar-refractivity contribution in [2.75, 3.05) is 0 Å². The molecule has 0 aliphatic rings. The normalized spacial score (nSPS) is 11.4. The molecule has 0 bridgehead atoms. The lowest BCUT2D eigenvalue weighted by Crippen LogP contribution is -2.19. The minimum atomic E-state index is -5.02. The van der Waals surface area contributed by atoms with Gasteiger partial charge in [-0.3, -0.25) is 10.1 Å². The fourth-order valence-corrected chi connectivity index (χ4v) is 2.43. The molecule has 0 radical (unpaired) electrons. The highest BCUT2D eigenvalue weighted by molar-refractivity contribution is 14.1. The summed E-state index contributed by atoms with van der Waals surface area (Å²) in [5, 5.41) is 10.8. The minimum Gasteiger partial charge on any atom is -0.381 e. The van der Waals surface area contributed by atoms with Gasteiger partial charge in [-0.25, -0.2) is 4.98 Å². The molecule has 0 spiro atoms. The van der Waals surface area contributed by atoms with Gasteiger partial charge < -0.3 is 4.74 Å². The van der Waals surface area contributed by atoms with Gasteiger partial charge in [-0.05, 0) is 22.6 Å². The van der Waals surface area contributed by atoms with Crippen LogP contribution < -0.4 is 4.74 Å². The molecule has 10 heteroatoms. The van der Waals surface area contributed by atoms with Gasteiger partial charge in [0.25, 0.3) is 0 Å². The molecule has 1 heterocycles. The quantitative estimate of drug-likeness (QED) is 0.244. The maximum Gasteiger partial charge on any atom is 0.574 e. The third kappa shape index (κ3) is 3.94. The van der Waals surface area contributed by atoms with Crippen molar-refractivity contribution < 1.29 is 22.8 Å². The van der Waals surface area contributed by atoms with Crippen LogP contribution in [-0.4, -0.2) is 16.3 Å². The van der Waals surface area contributed by atoms with E-state index in [-0.39, 0.29) is 9.03 Å². The Labute approximate surface area is 115 Å². The van der Waals surface area contributed by atoms with Crippen LogP contribution in [0.2, 0.25) is 0 Å². The van der Waals surface area contributed by atoms with E-state index in [9.17, 15) is 23.3 Å². The van der Waals surface area contributed by atoms with Gasteiger partial charge >= 0.3 is 17.9 Å². The molecule has 0 N–H and O–H groups in total. The predicted molar refractivity (Wildman–Crippen MR) is 62.9 cm³/mol. The van der Waals surface area contributed by atoms with E-state index in [4.69, 9.17) is 0 Å². The molecule has 0 saturated heterocycles. The molecule has 1 rings (SSSR count). The van der Waals surface area contributed by atoms with Crippen LogP contribution in [0.4, 0.5) is 18.9 Å². The van der Waals surface area contributed by atoms with Crippen molar-refractivity contribution in [3.8, 4) is 5.88 Å². The van der Waals surface area contributed by atoms with Crippen molar-refractivity contribution in [1.82, 2.24) is 4.98 Å². The summed E-state index contributed by atoms with van der Waals surface area (Å²) in [4.78, 5) is 13.0. The van der Waals surface area contributed by atoms with E-state index in [1.54, 1.807) is 22.6 Å². The lowest BCUT2D eigenvalue weighted by Gasteiger charge is -2.09. The first-order valence-electron chi connectivity index (χ1n) is 3.90. The molecule has 0 fully saturated rings. The average Bonchev–Trinajstić information content (AvgIpc) is 2.14. The Morgan fingerprint density at radius 1 is 1.59 bits per heavy atom. The molecule has 0 atom stereocenters. The lowest BCUT2D eigenvalue weighted by molar-refractivity contribution is -0.389. The molecule has 0 aliphatic carbocycles. The maximum absolute atomic E-state index is 12.0. The largest absolute Gasteiger partial charge is 0.574 e. The summed E-state index contributed by atoms with van der Waals surface area (Å²) in [5.41, 5.74) is -0.413. The SMILES string of the molecule is O=[N+]([O-])c1cc(CBr)c(I)nc1OC(F)(F)F. The summed E-state index contributed by atoms with van der Waals surface area (Å²) >= 11 is 4.71. The van der Waals surface area contributed by atoms with Crippen LogP contribution in [0.5, 0.6) is 5.88 Å². The van der Waals surface area contributed by atoms with E-state index >= 15 is 0 Å². The van der Waals surface area contributed by atoms with Crippen molar-refractivity contribution in [2.45, 2.75) is 11.7 Å². The van der Waals surface area contributed by atoms with Crippen molar-refractivity contribution in [2.24, 2.45) is 0 Å². The van der Waals surface area contributed by atoms with Gasteiger partial charge in [0, 0.05) is 17.0 Å². The number of nitrogens with zero attached hydrogens (tertiary/aromatic N) is 2. The highest BCUT2D eigenvalue weighted by Gasteiger charge is 2.36. The fourth-order valence-electron chi connectivity index (χ4n) is 0.914. The Bertz CT molecular complexity index is 455. The van der Waals surface area contributed by atoms with Crippen molar-refractivity contribution in [1.29, 1.82) is 0 Å². The van der Waals surface area contributed by atoms with Gasteiger partial charge in [0.1, 0.15) is 3.70 Å². The third-order valence-electron chi connectivity index (χ3n) is 1.55. The van der Waals surface area contributed by atoms with Crippen LogP contribution in [0.25, 0.3) is 0 Å². The number of pyridine rings is 1. The number of nitro groups is 1. The maximum atomic E-state index is 12.0. The smallest absolute Gasteiger partial charge is 0.381 e. The summed E-state index contributed by atoms with van der Waals surface area (Å²) in [5.74, 6) is -1.06. The molecular formula is C7H3BrF3IN2O3. The van der Waals surface area contributed by atoms with E-state index in [1.807, 2.05) is 0 Å². The first-order valence-corrected chi connectivity index (χ1v) is 6.10. The Hall–Kier alpha value is -0.650. The summed E-state index contributed by atoms with van der Waals surface area (Å²) in [6, 6.07) is 0.991. The van der Waals surface area contributed by atoms with E-state index in [1.165, 1.54) is 0 Å². The van der Waals surface area contributed by atoms with Crippen LogP contribution >= 0.6 is 38.5 Å². The first-order chi connectivity index (χ1) is 7.74. The van der Waals surface area contributed by atoms with Gasteiger partial charge in [-0.2, -0.15) is 0 Å². The molecule has 5 nitrogen and oxygen atoms in total. The number of rotatable bonds is 3. The van der Waals surface area contributed by atoms with Crippen LogP contribution in [-0.2, 0) is 5.33 Å². The molecule has 94 valence electrons. The number of hydrogen-bond donors (Lipinski definition) is 0. The standard InChI is InChI=1S/C7H3BrF3IN2O3/c8-2-3-1-4(14(15)16)6(13-5(3)12)17-7(9,10)11/h1H,2H2. The number of hydrogen-bond acceptors (Lipinski definition) is 4. The molecule has 1 aromatic rings. The van der Waals surface area contributed by atoms with E-state index < -0.39 is 22.9 Å². The molecular weight excluding hydrogens is 424 g/mol. The second-order valence-corrected chi connectivity index (χ2v) is 4.28. The van der Waals surface area contributed by atoms with Crippen molar-refractivity contribution in [3.63, 3.8) is 0 Å². The molecule has 0 saturated carbocycles. The molecule has 0 aliphatic heterocycles. The highest BCUT2D eigenvalue weighted by Crippen LogP contribution is 2.32. The molecule has 0 unspecified atom stereocenters. The van der Waals surface area contributed by atoms with Gasteiger partial charge in [-0.15, -0.1) is 13.2 Å². The van der Waals surface area contributed by atoms with Gasteiger partial charge in [-0.1, -0.05) is 15.9 Å². The molecule has 1 aromatic heterocycles. The van der Waals surface area contributed by atoms with E-state index in [2.05, 4.69) is 25.7 Å². The highest BCUT2D eigenvalue weighted by atomic mass is 127. The zero-order valence-corrected chi connectivity index (χ0v) is 11.5. The summed E-state index contributed by atoms with van der Waals surface area (Å²) in [6.07, 6.45) is -5.02. The fraction of sp³-hybridized carbons (Fsp3) is 0.286. The van der Waals surface area contributed by atoms with Crippen LogP contribution in [0, 0.1) is 13.8 Å².